The molecule has 0 aliphatic heterocycles. The average molecular weight is 405 g/mol. The minimum absolute atomic E-state index is 0.0267. The van der Waals surface area contributed by atoms with E-state index in [0.717, 1.165) is 19.3 Å². The summed E-state index contributed by atoms with van der Waals surface area (Å²) in [7, 11) is 0. The summed E-state index contributed by atoms with van der Waals surface area (Å²) in [6, 6.07) is 6.34. The largest absolute Gasteiger partial charge is 0.508 e. The van der Waals surface area contributed by atoms with Gasteiger partial charge in [0.2, 0.25) is 0 Å². The van der Waals surface area contributed by atoms with Crippen molar-refractivity contribution in [3.63, 3.8) is 0 Å². The Kier molecular flexibility index (Phi) is 15.3. The molecule has 0 saturated carbocycles. The Labute approximate surface area is 179 Å². The molecule has 1 aromatic carbocycles. The van der Waals surface area contributed by atoms with Crippen molar-refractivity contribution in [2.45, 2.75) is 117 Å². The number of phenols is 1. The number of unbranched alkanes of at least 4 members (excludes halogenated alkanes) is 13. The first-order valence-electron chi connectivity index (χ1n) is 12.2. The molecule has 29 heavy (non-hydrogen) atoms. The van der Waals surface area contributed by atoms with Crippen LogP contribution in [0.4, 0.5) is 0 Å². The van der Waals surface area contributed by atoms with E-state index in [-0.39, 0.29) is 17.6 Å². The van der Waals surface area contributed by atoms with Gasteiger partial charge in [-0.15, -0.1) is 0 Å². The van der Waals surface area contributed by atoms with Gasteiger partial charge in [0.15, 0.2) is 0 Å². The molecule has 1 rings (SSSR count). The van der Waals surface area contributed by atoms with Crippen LogP contribution in [0.3, 0.4) is 0 Å². The highest BCUT2D eigenvalue weighted by molar-refractivity contribution is 5.75. The summed E-state index contributed by atoms with van der Waals surface area (Å²) in [5.41, 5.74) is 0. The summed E-state index contributed by atoms with van der Waals surface area (Å²) in [6.07, 6.45) is 20.6. The van der Waals surface area contributed by atoms with Gasteiger partial charge in [-0.25, -0.2) is 0 Å². The van der Waals surface area contributed by atoms with E-state index in [1.54, 1.807) is 12.1 Å². The Morgan fingerprint density at radius 3 is 1.66 bits per heavy atom. The second-order valence-corrected chi connectivity index (χ2v) is 8.41. The van der Waals surface area contributed by atoms with Crippen LogP contribution in [0.5, 0.6) is 11.5 Å². The van der Waals surface area contributed by atoms with Crippen molar-refractivity contribution >= 4 is 5.97 Å². The maximum atomic E-state index is 12.3. The molecule has 0 spiro atoms. The molecule has 0 fully saturated rings. The molecule has 166 valence electrons. The smallest absolute Gasteiger partial charge is 0.314 e. The van der Waals surface area contributed by atoms with Crippen LogP contribution >= 0.6 is 0 Å². The van der Waals surface area contributed by atoms with Crippen LogP contribution in [0.1, 0.15) is 117 Å². The van der Waals surface area contributed by atoms with Crippen LogP contribution in [0.25, 0.3) is 0 Å². The predicted molar refractivity (Wildman–Crippen MR) is 122 cm³/mol. The van der Waals surface area contributed by atoms with Gasteiger partial charge < -0.3 is 9.84 Å². The minimum Gasteiger partial charge on any atom is -0.508 e. The SMILES string of the molecule is CCCCCCCCCCCCCCCCC(CC)C(=O)Oc1ccc(O)cc1. The van der Waals surface area contributed by atoms with Crippen LogP contribution in [0.15, 0.2) is 24.3 Å². The first-order valence-corrected chi connectivity index (χ1v) is 12.2. The maximum Gasteiger partial charge on any atom is 0.314 e. The van der Waals surface area contributed by atoms with E-state index in [9.17, 15) is 9.90 Å². The maximum absolute atomic E-state index is 12.3. The number of hydrogen-bond donors (Lipinski definition) is 1. The topological polar surface area (TPSA) is 46.5 Å². The molecular weight excluding hydrogens is 360 g/mol. The standard InChI is InChI=1S/C26H44O3/c1-3-5-6-7-8-9-10-11-12-13-14-15-16-17-18-23(4-2)26(28)29-25-21-19-24(27)20-22-25/h19-23,27H,3-18H2,1-2H3. The zero-order valence-electron chi connectivity index (χ0n) is 19.0. The molecular formula is C26H44O3. The summed E-state index contributed by atoms with van der Waals surface area (Å²) < 4.78 is 5.44. The second-order valence-electron chi connectivity index (χ2n) is 8.41. The molecule has 0 aliphatic carbocycles. The Bertz CT molecular complexity index is 509. The average Bonchev–Trinajstić information content (AvgIpc) is 2.72. The molecule has 1 aromatic rings. The van der Waals surface area contributed by atoms with E-state index in [4.69, 9.17) is 4.74 Å². The number of carbonyl (C=O) groups is 1. The molecule has 1 atom stereocenters. The van der Waals surface area contributed by atoms with Crippen LogP contribution < -0.4 is 4.74 Å². The van der Waals surface area contributed by atoms with Crippen molar-refractivity contribution in [2.75, 3.05) is 0 Å². The first kappa shape index (κ1) is 25.5. The minimum atomic E-state index is -0.145. The van der Waals surface area contributed by atoms with Crippen LogP contribution in [0, 0.1) is 5.92 Å². The summed E-state index contributed by atoms with van der Waals surface area (Å²) >= 11 is 0. The quantitative estimate of drug-likeness (QED) is 0.152. The fraction of sp³-hybridized carbons (Fsp3) is 0.731. The highest BCUT2D eigenvalue weighted by Crippen LogP contribution is 2.21. The third kappa shape index (κ3) is 13.4. The summed E-state index contributed by atoms with van der Waals surface area (Å²) in [5.74, 6) is 0.514. The lowest BCUT2D eigenvalue weighted by molar-refractivity contribution is -0.139. The number of ether oxygens (including phenoxy) is 1. The molecule has 1 unspecified atom stereocenters. The van der Waals surface area contributed by atoms with Gasteiger partial charge in [-0.05, 0) is 37.1 Å². The van der Waals surface area contributed by atoms with Gasteiger partial charge in [0.25, 0.3) is 0 Å². The fourth-order valence-corrected chi connectivity index (χ4v) is 3.79. The van der Waals surface area contributed by atoms with Crippen molar-refractivity contribution in [3.8, 4) is 11.5 Å². The van der Waals surface area contributed by atoms with E-state index in [1.807, 2.05) is 6.92 Å². The summed E-state index contributed by atoms with van der Waals surface area (Å²) in [5, 5.41) is 9.30. The van der Waals surface area contributed by atoms with Crippen LogP contribution in [-0.2, 0) is 4.79 Å². The number of rotatable bonds is 18. The highest BCUT2D eigenvalue weighted by Gasteiger charge is 2.18. The molecule has 0 radical (unpaired) electrons. The summed E-state index contributed by atoms with van der Waals surface area (Å²) in [6.45, 7) is 4.32. The normalized spacial score (nSPS) is 12.1. The third-order valence-corrected chi connectivity index (χ3v) is 5.79. The zero-order chi connectivity index (χ0) is 21.2. The van der Waals surface area contributed by atoms with Crippen molar-refractivity contribution < 1.29 is 14.6 Å². The number of hydrogen-bond acceptors (Lipinski definition) is 3. The number of esters is 1. The fourth-order valence-electron chi connectivity index (χ4n) is 3.79. The van der Waals surface area contributed by atoms with E-state index < -0.39 is 0 Å². The zero-order valence-corrected chi connectivity index (χ0v) is 19.0. The van der Waals surface area contributed by atoms with Gasteiger partial charge in [-0.1, -0.05) is 104 Å². The van der Waals surface area contributed by atoms with Crippen LogP contribution in [-0.4, -0.2) is 11.1 Å². The summed E-state index contributed by atoms with van der Waals surface area (Å²) in [4.78, 5) is 12.3. The molecule has 0 aromatic heterocycles. The van der Waals surface area contributed by atoms with Gasteiger partial charge in [0.05, 0.1) is 5.92 Å². The van der Waals surface area contributed by atoms with Crippen LogP contribution in [0.2, 0.25) is 0 Å². The number of carbonyl (C=O) groups excluding carboxylic acids is 1. The van der Waals surface area contributed by atoms with Gasteiger partial charge in [0, 0.05) is 0 Å². The lowest BCUT2D eigenvalue weighted by Crippen LogP contribution is -2.20. The lowest BCUT2D eigenvalue weighted by atomic mass is 9.97. The number of aromatic hydroxyl groups is 1. The molecule has 0 saturated heterocycles. The van der Waals surface area contributed by atoms with Crippen molar-refractivity contribution in [3.05, 3.63) is 24.3 Å². The molecule has 1 N–H and O–H groups in total. The Hall–Kier alpha value is -1.51. The Balaban J connectivity index is 1.97. The Morgan fingerprint density at radius 1 is 0.759 bits per heavy atom. The van der Waals surface area contributed by atoms with Crippen molar-refractivity contribution in [1.82, 2.24) is 0 Å². The molecule has 0 aliphatic rings. The number of phenolic OH excluding ortho intramolecular Hbond substituents is 1. The van der Waals surface area contributed by atoms with E-state index in [2.05, 4.69) is 6.92 Å². The lowest BCUT2D eigenvalue weighted by Gasteiger charge is -2.14. The molecule has 3 heteroatoms. The monoisotopic (exact) mass is 404 g/mol. The molecule has 0 bridgehead atoms. The van der Waals surface area contributed by atoms with Gasteiger partial charge in [-0.2, -0.15) is 0 Å². The Morgan fingerprint density at radius 2 is 1.21 bits per heavy atom. The van der Waals surface area contributed by atoms with Gasteiger partial charge in [-0.3, -0.25) is 4.79 Å². The van der Waals surface area contributed by atoms with Crippen molar-refractivity contribution in [1.29, 1.82) is 0 Å². The van der Waals surface area contributed by atoms with E-state index >= 15 is 0 Å². The van der Waals surface area contributed by atoms with Crippen molar-refractivity contribution in [2.24, 2.45) is 5.92 Å². The molecule has 0 amide bonds. The first-order chi connectivity index (χ1) is 14.2. The highest BCUT2D eigenvalue weighted by atomic mass is 16.5. The van der Waals surface area contributed by atoms with E-state index in [1.165, 1.54) is 95.6 Å². The second kappa shape index (κ2) is 17.4. The van der Waals surface area contributed by atoms with Gasteiger partial charge in [0.1, 0.15) is 11.5 Å². The van der Waals surface area contributed by atoms with Gasteiger partial charge >= 0.3 is 5.97 Å². The molecule has 0 heterocycles. The predicted octanol–water partition coefficient (Wildman–Crippen LogP) is 8.20. The molecule has 3 nitrogen and oxygen atoms in total. The van der Waals surface area contributed by atoms with E-state index in [0.29, 0.717) is 5.75 Å². The third-order valence-electron chi connectivity index (χ3n) is 5.79. The number of benzene rings is 1.